The van der Waals surface area contributed by atoms with E-state index in [9.17, 15) is 10.1 Å². The van der Waals surface area contributed by atoms with E-state index in [1.807, 2.05) is 12.1 Å². The molecule has 2 N–H and O–H groups in total. The van der Waals surface area contributed by atoms with Crippen molar-refractivity contribution < 1.29 is 4.92 Å². The zero-order valence-electron chi connectivity index (χ0n) is 18.5. The predicted octanol–water partition coefficient (Wildman–Crippen LogP) is 4.06. The second kappa shape index (κ2) is 10.8. The first kappa shape index (κ1) is 23.3. The molecule has 31 heavy (non-hydrogen) atoms. The molecule has 1 fully saturated rings. The van der Waals surface area contributed by atoms with E-state index in [1.54, 1.807) is 11.8 Å². The van der Waals surface area contributed by atoms with Crippen molar-refractivity contribution in [2.45, 2.75) is 37.1 Å². The summed E-state index contributed by atoms with van der Waals surface area (Å²) in [6.45, 7) is 2.60. The molecular weight excluding hydrogens is 412 g/mol. The van der Waals surface area contributed by atoms with Crippen LogP contribution < -0.4 is 10.6 Å². The maximum Gasteiger partial charge on any atom is 0.329 e. The summed E-state index contributed by atoms with van der Waals surface area (Å²) >= 11 is 1.71. The van der Waals surface area contributed by atoms with Crippen molar-refractivity contribution >= 4 is 29.2 Å². The van der Waals surface area contributed by atoms with Crippen LogP contribution in [0.4, 0.5) is 17.5 Å². The molecule has 9 heteroatoms. The molecule has 1 saturated carbocycles. The smallest absolute Gasteiger partial charge is 0.329 e. The topological polar surface area (TPSA) is 101 Å². The van der Waals surface area contributed by atoms with Gasteiger partial charge in [0.05, 0.1) is 4.92 Å². The van der Waals surface area contributed by atoms with Crippen LogP contribution in [-0.2, 0) is 6.54 Å². The highest BCUT2D eigenvalue weighted by molar-refractivity contribution is 7.98. The summed E-state index contributed by atoms with van der Waals surface area (Å²) in [7, 11) is 4.26. The fourth-order valence-corrected chi connectivity index (χ4v) is 4.96. The Morgan fingerprint density at radius 1 is 1.16 bits per heavy atom. The Labute approximate surface area is 188 Å². The summed E-state index contributed by atoms with van der Waals surface area (Å²) in [5.74, 6) is 1.66. The van der Waals surface area contributed by atoms with Gasteiger partial charge in [-0.05, 0) is 69.5 Å². The molecule has 0 atom stereocenters. The molecule has 0 bridgehead atoms. The van der Waals surface area contributed by atoms with E-state index in [-0.39, 0.29) is 11.5 Å². The fraction of sp³-hybridized carbons (Fsp3) is 0.545. The van der Waals surface area contributed by atoms with Gasteiger partial charge in [-0.2, -0.15) is 4.98 Å². The van der Waals surface area contributed by atoms with E-state index >= 15 is 0 Å². The molecule has 1 aliphatic carbocycles. The van der Waals surface area contributed by atoms with Crippen LogP contribution in [-0.4, -0.2) is 53.2 Å². The number of hydrogen-bond donors (Lipinski definition) is 1. The van der Waals surface area contributed by atoms with Gasteiger partial charge >= 0.3 is 5.69 Å². The molecule has 0 unspecified atom stereocenters. The van der Waals surface area contributed by atoms with E-state index in [0.29, 0.717) is 18.4 Å². The van der Waals surface area contributed by atoms with Crippen LogP contribution >= 0.6 is 11.8 Å². The van der Waals surface area contributed by atoms with Gasteiger partial charge in [-0.3, -0.25) is 10.1 Å². The molecule has 1 aliphatic rings. The van der Waals surface area contributed by atoms with Gasteiger partial charge in [-0.15, -0.1) is 11.8 Å². The Kier molecular flexibility index (Phi) is 8.09. The minimum atomic E-state index is -0.543. The number of nitrogen functional groups attached to an aromatic ring is 1. The lowest BCUT2D eigenvalue weighted by Crippen LogP contribution is -2.34. The monoisotopic (exact) mass is 444 g/mol. The molecule has 3 rings (SSSR count). The van der Waals surface area contributed by atoms with Gasteiger partial charge in [-0.25, -0.2) is 4.98 Å². The zero-order valence-corrected chi connectivity index (χ0v) is 19.3. The highest BCUT2D eigenvalue weighted by Crippen LogP contribution is 2.32. The lowest BCUT2D eigenvalue weighted by atomic mass is 9.81. The van der Waals surface area contributed by atoms with Crippen molar-refractivity contribution in [1.29, 1.82) is 0 Å². The zero-order chi connectivity index (χ0) is 22.4. The van der Waals surface area contributed by atoms with Gasteiger partial charge < -0.3 is 15.5 Å². The molecule has 168 valence electrons. The largest absolute Gasteiger partial charge is 0.378 e. The van der Waals surface area contributed by atoms with Crippen molar-refractivity contribution in [1.82, 2.24) is 14.9 Å². The summed E-state index contributed by atoms with van der Waals surface area (Å²) in [5.41, 5.74) is 6.82. The van der Waals surface area contributed by atoms with Crippen LogP contribution in [0.2, 0.25) is 0 Å². The van der Waals surface area contributed by atoms with Gasteiger partial charge in [0.1, 0.15) is 6.20 Å². The predicted molar refractivity (Wildman–Crippen MR) is 126 cm³/mol. The van der Waals surface area contributed by atoms with E-state index in [2.05, 4.69) is 52.3 Å². The molecule has 1 heterocycles. The normalized spacial score (nSPS) is 18.8. The third kappa shape index (κ3) is 6.30. The first-order chi connectivity index (χ1) is 14.9. The molecular formula is C22H32N6O2S. The molecule has 0 saturated heterocycles. The number of anilines is 2. The third-order valence-electron chi connectivity index (χ3n) is 5.89. The second-order valence-corrected chi connectivity index (χ2v) is 9.39. The van der Waals surface area contributed by atoms with Crippen molar-refractivity contribution in [3.8, 4) is 0 Å². The van der Waals surface area contributed by atoms with E-state index in [1.165, 1.54) is 42.3 Å². The SMILES string of the molecule is CSc1ccccc1CN(CC1CCC(CN(C)C)CC1)c1ncc([N+](=O)[O-])c(N)n1. The van der Waals surface area contributed by atoms with Crippen LogP contribution in [0.5, 0.6) is 0 Å². The van der Waals surface area contributed by atoms with Crippen LogP contribution in [0.1, 0.15) is 31.2 Å². The number of thioether (sulfide) groups is 1. The first-order valence-corrected chi connectivity index (χ1v) is 11.9. The third-order valence-corrected chi connectivity index (χ3v) is 6.72. The number of aromatic nitrogens is 2. The summed E-state index contributed by atoms with van der Waals surface area (Å²) in [6.07, 6.45) is 8.07. The molecule has 0 spiro atoms. The maximum absolute atomic E-state index is 11.1. The van der Waals surface area contributed by atoms with Crippen LogP contribution in [0.15, 0.2) is 35.4 Å². The van der Waals surface area contributed by atoms with Gasteiger partial charge in [0.15, 0.2) is 0 Å². The molecule has 1 aromatic carbocycles. The minimum Gasteiger partial charge on any atom is -0.378 e. The van der Waals surface area contributed by atoms with Crippen molar-refractivity contribution in [2.24, 2.45) is 11.8 Å². The van der Waals surface area contributed by atoms with Crippen LogP contribution in [0.3, 0.4) is 0 Å². The molecule has 0 aliphatic heterocycles. The highest BCUT2D eigenvalue weighted by atomic mass is 32.2. The Bertz CT molecular complexity index is 886. The Morgan fingerprint density at radius 3 is 2.39 bits per heavy atom. The summed E-state index contributed by atoms with van der Waals surface area (Å²) in [5, 5.41) is 11.1. The minimum absolute atomic E-state index is 0.0900. The van der Waals surface area contributed by atoms with Crippen molar-refractivity contribution in [3.63, 3.8) is 0 Å². The number of rotatable bonds is 9. The van der Waals surface area contributed by atoms with Crippen molar-refractivity contribution in [3.05, 3.63) is 46.1 Å². The van der Waals surface area contributed by atoms with Gasteiger partial charge in [0, 0.05) is 24.5 Å². The van der Waals surface area contributed by atoms with Crippen molar-refractivity contribution in [2.75, 3.05) is 44.1 Å². The lowest BCUT2D eigenvalue weighted by molar-refractivity contribution is -0.384. The Hall–Kier alpha value is -2.39. The molecule has 0 amide bonds. The van der Waals surface area contributed by atoms with E-state index in [4.69, 9.17) is 5.73 Å². The van der Waals surface area contributed by atoms with Gasteiger partial charge in [0.25, 0.3) is 0 Å². The number of nitrogens with zero attached hydrogens (tertiary/aromatic N) is 5. The Morgan fingerprint density at radius 2 is 1.81 bits per heavy atom. The maximum atomic E-state index is 11.1. The number of benzene rings is 1. The second-order valence-electron chi connectivity index (χ2n) is 8.54. The van der Waals surface area contributed by atoms with E-state index in [0.717, 1.165) is 19.0 Å². The average Bonchev–Trinajstić information content (AvgIpc) is 2.74. The summed E-state index contributed by atoms with van der Waals surface area (Å²) in [6, 6.07) is 8.29. The molecule has 2 aromatic rings. The van der Waals surface area contributed by atoms with Gasteiger partial charge in [0.2, 0.25) is 11.8 Å². The highest BCUT2D eigenvalue weighted by Gasteiger charge is 2.26. The summed E-state index contributed by atoms with van der Waals surface area (Å²) in [4.78, 5) is 24.8. The number of nitro groups is 1. The van der Waals surface area contributed by atoms with Crippen LogP contribution in [0, 0.1) is 22.0 Å². The average molecular weight is 445 g/mol. The Balaban J connectivity index is 1.80. The molecule has 1 aromatic heterocycles. The number of hydrogen-bond acceptors (Lipinski definition) is 8. The first-order valence-electron chi connectivity index (χ1n) is 10.7. The van der Waals surface area contributed by atoms with E-state index < -0.39 is 4.92 Å². The fourth-order valence-electron chi connectivity index (χ4n) is 4.35. The number of nitrogens with two attached hydrogens (primary N) is 1. The molecule has 0 radical (unpaired) electrons. The molecule has 8 nitrogen and oxygen atoms in total. The van der Waals surface area contributed by atoms with Crippen LogP contribution in [0.25, 0.3) is 0 Å². The lowest BCUT2D eigenvalue weighted by Gasteiger charge is -2.34. The summed E-state index contributed by atoms with van der Waals surface area (Å²) < 4.78 is 0. The standard InChI is InChI=1S/C22H32N6O2S/c1-26(2)13-16-8-10-17(11-9-16)14-27(15-18-6-4-5-7-20(18)31-3)22-24-12-19(28(29)30)21(23)25-22/h4-7,12,16-17H,8-11,13-15H2,1-3H3,(H2,23,24,25). The quantitative estimate of drug-likeness (QED) is 0.351. The van der Waals surface area contributed by atoms with Gasteiger partial charge in [-0.1, -0.05) is 18.2 Å².